The molecule has 0 saturated carbocycles. The smallest absolute Gasteiger partial charge is 0.119 e. The minimum absolute atomic E-state index is 0. The molecule has 0 bridgehead atoms. The van der Waals surface area contributed by atoms with Crippen LogP contribution in [0.25, 0.3) is 0 Å². The Morgan fingerprint density at radius 3 is 1.00 bits per heavy atom. The number of carbonyl (C=O) groups excluding carboxylic acids is 1. The molecule has 0 atom stereocenters. The summed E-state index contributed by atoms with van der Waals surface area (Å²) in [4.78, 5) is 9.17. The van der Waals surface area contributed by atoms with Gasteiger partial charge in [0.25, 0.3) is 0 Å². The van der Waals surface area contributed by atoms with Crippen molar-refractivity contribution in [3.63, 3.8) is 0 Å². The summed E-state index contributed by atoms with van der Waals surface area (Å²) in [5, 5.41) is 0. The third-order valence-corrected chi connectivity index (χ3v) is 0.833. The molecule has 0 aromatic heterocycles. The van der Waals surface area contributed by atoms with Crippen molar-refractivity contribution in [3.05, 3.63) is 36.4 Å². The van der Waals surface area contributed by atoms with Crippen molar-refractivity contribution in [3.8, 4) is 0 Å². The van der Waals surface area contributed by atoms with Crippen molar-refractivity contribution in [1.29, 1.82) is 0 Å². The van der Waals surface area contributed by atoms with Crippen molar-refractivity contribution < 1.29 is 23.6 Å². The molecule has 0 amide bonds. The maximum absolute atomic E-state index is 9.17. The SMILES string of the molecule is CCC=O.F.F.F.F.c1ccccc1. The van der Waals surface area contributed by atoms with Crippen molar-refractivity contribution in [2.75, 3.05) is 0 Å². The van der Waals surface area contributed by atoms with Gasteiger partial charge < -0.3 is 4.79 Å². The number of carbonyl (C=O) groups is 1. The summed E-state index contributed by atoms with van der Waals surface area (Å²) in [5.74, 6) is 0. The van der Waals surface area contributed by atoms with Gasteiger partial charge in [0.05, 0.1) is 0 Å². The number of aldehydes is 1. The molecule has 0 saturated heterocycles. The Bertz CT molecular complexity index is 131. The van der Waals surface area contributed by atoms with E-state index in [0.717, 1.165) is 6.29 Å². The van der Waals surface area contributed by atoms with Crippen LogP contribution in [0.1, 0.15) is 13.3 Å². The van der Waals surface area contributed by atoms with E-state index >= 15 is 0 Å². The summed E-state index contributed by atoms with van der Waals surface area (Å²) in [6.45, 7) is 1.81. The molecule has 0 unspecified atom stereocenters. The first-order valence-electron chi connectivity index (χ1n) is 3.35. The maximum atomic E-state index is 9.17. The van der Waals surface area contributed by atoms with Crippen LogP contribution in [0.3, 0.4) is 0 Å². The lowest BCUT2D eigenvalue weighted by Crippen LogP contribution is -1.55. The van der Waals surface area contributed by atoms with E-state index in [0.29, 0.717) is 6.42 Å². The highest BCUT2D eigenvalue weighted by Crippen LogP contribution is 1.79. The van der Waals surface area contributed by atoms with E-state index in [-0.39, 0.29) is 18.8 Å². The van der Waals surface area contributed by atoms with Crippen molar-refractivity contribution in [1.82, 2.24) is 0 Å². The highest BCUT2D eigenvalue weighted by Gasteiger charge is 1.57. The third kappa shape index (κ3) is 31.1. The maximum Gasteiger partial charge on any atom is 0.119 e. The average molecular weight is 216 g/mol. The van der Waals surface area contributed by atoms with Crippen LogP contribution in [0.5, 0.6) is 0 Å². The van der Waals surface area contributed by atoms with Gasteiger partial charge in [-0.15, -0.1) is 0 Å². The molecular formula is C9H16F4O. The predicted octanol–water partition coefficient (Wildman–Crippen LogP) is 2.89. The van der Waals surface area contributed by atoms with Crippen molar-refractivity contribution in [2.45, 2.75) is 13.3 Å². The van der Waals surface area contributed by atoms with Gasteiger partial charge in [-0.2, -0.15) is 0 Å². The van der Waals surface area contributed by atoms with Crippen LogP contribution in [0.4, 0.5) is 18.8 Å². The Morgan fingerprint density at radius 2 is 0.929 bits per heavy atom. The molecule has 0 spiro atoms. The summed E-state index contributed by atoms with van der Waals surface area (Å²) < 4.78 is 0. The molecule has 0 heterocycles. The summed E-state index contributed by atoms with van der Waals surface area (Å²) in [7, 11) is 0. The molecule has 1 aromatic carbocycles. The molecule has 0 aliphatic carbocycles. The van der Waals surface area contributed by atoms with E-state index in [1.807, 2.05) is 43.3 Å². The molecular weight excluding hydrogens is 200 g/mol. The fourth-order valence-electron chi connectivity index (χ4n) is 0.385. The normalized spacial score (nSPS) is 5.21. The fraction of sp³-hybridized carbons (Fsp3) is 0.222. The van der Waals surface area contributed by atoms with E-state index in [4.69, 9.17) is 0 Å². The number of halogens is 4. The Balaban J connectivity index is -0.0000000315. The van der Waals surface area contributed by atoms with Crippen LogP contribution in [0, 0.1) is 0 Å². The first kappa shape index (κ1) is 29.4. The van der Waals surface area contributed by atoms with Crippen LogP contribution < -0.4 is 0 Å². The molecule has 0 aliphatic heterocycles. The van der Waals surface area contributed by atoms with E-state index < -0.39 is 0 Å². The average Bonchev–Trinajstić information content (AvgIpc) is 2.08. The lowest BCUT2D eigenvalue weighted by atomic mass is 10.4. The van der Waals surface area contributed by atoms with Gasteiger partial charge in [-0.1, -0.05) is 43.3 Å². The quantitative estimate of drug-likeness (QED) is 0.521. The summed E-state index contributed by atoms with van der Waals surface area (Å²) in [6, 6.07) is 12.0. The van der Waals surface area contributed by atoms with Gasteiger partial charge >= 0.3 is 0 Å². The summed E-state index contributed by atoms with van der Waals surface area (Å²) in [6.07, 6.45) is 1.51. The Morgan fingerprint density at radius 1 is 0.786 bits per heavy atom. The van der Waals surface area contributed by atoms with Gasteiger partial charge in [0.2, 0.25) is 0 Å². The standard InChI is InChI=1S/C6H6.C3H6O.4FH/c1-2-4-6-5-3-1;1-2-3-4;;;;/h1-6H;3H,2H2,1H3;4*1H. The molecule has 14 heavy (non-hydrogen) atoms. The van der Waals surface area contributed by atoms with Gasteiger partial charge in [0.15, 0.2) is 0 Å². The lowest BCUT2D eigenvalue weighted by molar-refractivity contribution is -0.107. The molecule has 0 radical (unpaired) electrons. The van der Waals surface area contributed by atoms with Gasteiger partial charge in [-0.25, -0.2) is 0 Å². The second-order valence-electron chi connectivity index (χ2n) is 1.73. The molecule has 0 aliphatic rings. The number of hydrogen-bond acceptors (Lipinski definition) is 1. The zero-order chi connectivity index (χ0) is 7.66. The second kappa shape index (κ2) is 29.9. The number of hydrogen-bond donors (Lipinski definition) is 0. The van der Waals surface area contributed by atoms with Crippen LogP contribution in [0.15, 0.2) is 36.4 Å². The van der Waals surface area contributed by atoms with Crippen LogP contribution in [-0.4, -0.2) is 6.29 Å². The first-order valence-corrected chi connectivity index (χ1v) is 3.35. The first-order chi connectivity index (χ1) is 4.91. The highest BCUT2D eigenvalue weighted by atomic mass is 19.0. The van der Waals surface area contributed by atoms with E-state index in [1.54, 1.807) is 0 Å². The number of benzene rings is 1. The summed E-state index contributed by atoms with van der Waals surface area (Å²) in [5.41, 5.74) is 0. The third-order valence-electron chi connectivity index (χ3n) is 0.833. The summed E-state index contributed by atoms with van der Waals surface area (Å²) >= 11 is 0. The molecule has 5 heteroatoms. The van der Waals surface area contributed by atoms with Gasteiger partial charge in [-0.05, 0) is 0 Å². The topological polar surface area (TPSA) is 17.1 Å². The molecule has 1 aromatic rings. The molecule has 1 nitrogen and oxygen atoms in total. The Labute approximate surface area is 80.6 Å². The zero-order valence-electron chi connectivity index (χ0n) is 7.79. The van der Waals surface area contributed by atoms with Crippen LogP contribution in [0.2, 0.25) is 0 Å². The van der Waals surface area contributed by atoms with Gasteiger partial charge in [0.1, 0.15) is 6.29 Å². The van der Waals surface area contributed by atoms with Gasteiger partial charge in [0, 0.05) is 6.42 Å². The predicted molar refractivity (Wildman–Crippen MR) is 52.8 cm³/mol. The highest BCUT2D eigenvalue weighted by molar-refractivity contribution is 5.48. The largest absolute Gasteiger partial charge is 0.303 e. The van der Waals surface area contributed by atoms with Gasteiger partial charge in [-0.3, -0.25) is 18.8 Å². The second-order valence-corrected chi connectivity index (χ2v) is 1.73. The lowest BCUT2D eigenvalue weighted by Gasteiger charge is -1.69. The minimum Gasteiger partial charge on any atom is -0.303 e. The molecule has 1 rings (SSSR count). The van der Waals surface area contributed by atoms with E-state index in [2.05, 4.69) is 0 Å². The number of rotatable bonds is 1. The monoisotopic (exact) mass is 216 g/mol. The molecule has 0 N–H and O–H groups in total. The van der Waals surface area contributed by atoms with Crippen molar-refractivity contribution in [2.24, 2.45) is 0 Å². The van der Waals surface area contributed by atoms with Crippen LogP contribution >= 0.6 is 0 Å². The van der Waals surface area contributed by atoms with Crippen molar-refractivity contribution >= 4 is 6.29 Å². The molecule has 86 valence electrons. The fourth-order valence-corrected chi connectivity index (χ4v) is 0.385. The van der Waals surface area contributed by atoms with E-state index in [9.17, 15) is 4.79 Å². The van der Waals surface area contributed by atoms with E-state index in [1.165, 1.54) is 0 Å². The molecule has 0 fully saturated rings. The minimum atomic E-state index is 0. The van der Waals surface area contributed by atoms with Crippen LogP contribution in [-0.2, 0) is 4.79 Å². The zero-order valence-corrected chi connectivity index (χ0v) is 7.79. The Hall–Kier alpha value is -1.39. The Kier molecular flexibility index (Phi) is 62.7.